The number of likely N-dealkylation sites (tertiary alicyclic amines) is 1. The number of carbonyl (C=O) groups excluding carboxylic acids is 1. The Bertz CT molecular complexity index is 964. The second-order valence-electron chi connectivity index (χ2n) is 8.83. The summed E-state index contributed by atoms with van der Waals surface area (Å²) in [4.78, 5) is 21.3. The molecule has 1 aromatic carbocycles. The van der Waals surface area contributed by atoms with Gasteiger partial charge in [0.1, 0.15) is 0 Å². The minimum absolute atomic E-state index is 0.0688. The van der Waals surface area contributed by atoms with Gasteiger partial charge >= 0.3 is 0 Å². The fraction of sp³-hybridized carbons (Fsp3) is 0.458. The van der Waals surface area contributed by atoms with Crippen molar-refractivity contribution in [3.8, 4) is 6.07 Å². The lowest BCUT2D eigenvalue weighted by molar-refractivity contribution is -0.0137. The number of β-amino-alcohol motifs (C(OH)–C–C–N with tert-alkyl or cyclic N) is 1. The van der Waals surface area contributed by atoms with Gasteiger partial charge in [0.15, 0.2) is 0 Å². The van der Waals surface area contributed by atoms with Gasteiger partial charge in [-0.05, 0) is 49.9 Å². The van der Waals surface area contributed by atoms with Crippen LogP contribution in [0.1, 0.15) is 47.4 Å². The maximum Gasteiger partial charge on any atom is 0.255 e. The van der Waals surface area contributed by atoms with Gasteiger partial charge in [-0.3, -0.25) is 14.7 Å². The highest BCUT2D eigenvalue weighted by atomic mass is 16.3. The molecule has 4 rings (SSSR count). The Morgan fingerprint density at radius 3 is 2.63 bits per heavy atom. The maximum atomic E-state index is 12.9. The topological polar surface area (TPSA) is 80.5 Å². The molecule has 1 aromatic heterocycles. The van der Waals surface area contributed by atoms with Gasteiger partial charge in [0.2, 0.25) is 0 Å². The first-order valence-electron chi connectivity index (χ1n) is 10.5. The van der Waals surface area contributed by atoms with Crippen molar-refractivity contribution in [2.45, 2.75) is 50.8 Å². The Labute approximate surface area is 177 Å². The van der Waals surface area contributed by atoms with E-state index >= 15 is 0 Å². The fourth-order valence-electron chi connectivity index (χ4n) is 4.46. The molecular weight excluding hydrogens is 376 g/mol. The number of fused-ring (bicyclic) bond motifs is 1. The molecule has 0 unspecified atom stereocenters. The van der Waals surface area contributed by atoms with Gasteiger partial charge in [-0.2, -0.15) is 5.26 Å². The average Bonchev–Trinajstić information content (AvgIpc) is 2.78. The quantitative estimate of drug-likeness (QED) is 0.850. The van der Waals surface area contributed by atoms with E-state index < -0.39 is 11.5 Å². The number of benzene rings is 1. The van der Waals surface area contributed by atoms with Crippen molar-refractivity contribution in [1.29, 1.82) is 5.26 Å². The molecule has 0 spiro atoms. The normalized spacial score (nSPS) is 22.3. The van der Waals surface area contributed by atoms with Gasteiger partial charge in [0, 0.05) is 38.4 Å². The van der Waals surface area contributed by atoms with E-state index in [4.69, 9.17) is 0 Å². The molecule has 0 aliphatic carbocycles. The number of pyridine rings is 1. The van der Waals surface area contributed by atoms with E-state index in [1.165, 1.54) is 17.3 Å². The molecule has 156 valence electrons. The van der Waals surface area contributed by atoms with Crippen LogP contribution in [0.4, 0.5) is 0 Å². The summed E-state index contributed by atoms with van der Waals surface area (Å²) in [6.07, 6.45) is 2.72. The van der Waals surface area contributed by atoms with E-state index in [0.29, 0.717) is 24.3 Å². The van der Waals surface area contributed by atoms with E-state index in [2.05, 4.69) is 40.2 Å². The lowest BCUT2D eigenvalue weighted by Gasteiger charge is -2.43. The van der Waals surface area contributed by atoms with Crippen molar-refractivity contribution in [2.24, 2.45) is 0 Å². The number of piperidine rings is 1. The minimum atomic E-state index is -0.691. The number of aliphatic hydroxyl groups is 1. The molecule has 2 aliphatic heterocycles. The second-order valence-corrected chi connectivity index (χ2v) is 8.83. The first-order valence-corrected chi connectivity index (χ1v) is 10.5. The largest absolute Gasteiger partial charge is 0.390 e. The van der Waals surface area contributed by atoms with Gasteiger partial charge in [-0.1, -0.05) is 24.3 Å². The Balaban J connectivity index is 1.40. The van der Waals surface area contributed by atoms with E-state index in [0.717, 1.165) is 25.9 Å². The summed E-state index contributed by atoms with van der Waals surface area (Å²) in [5.74, 6) is -0.120. The van der Waals surface area contributed by atoms with Crippen LogP contribution in [0.5, 0.6) is 0 Å². The third-order valence-corrected chi connectivity index (χ3v) is 6.39. The molecule has 2 aliphatic rings. The van der Waals surface area contributed by atoms with Crippen molar-refractivity contribution in [3.63, 3.8) is 0 Å². The smallest absolute Gasteiger partial charge is 0.255 e. The molecule has 2 atom stereocenters. The molecule has 1 saturated heterocycles. The molecule has 0 saturated carbocycles. The van der Waals surface area contributed by atoms with Crippen LogP contribution < -0.4 is 0 Å². The summed E-state index contributed by atoms with van der Waals surface area (Å²) in [7, 11) is 0. The fourth-order valence-corrected chi connectivity index (χ4v) is 4.46. The van der Waals surface area contributed by atoms with Crippen LogP contribution in [0.3, 0.4) is 0 Å². The van der Waals surface area contributed by atoms with Crippen molar-refractivity contribution in [3.05, 3.63) is 65.0 Å². The number of hydrogen-bond donors (Lipinski definition) is 1. The second kappa shape index (κ2) is 8.17. The van der Waals surface area contributed by atoms with Crippen molar-refractivity contribution in [2.75, 3.05) is 19.6 Å². The summed E-state index contributed by atoms with van der Waals surface area (Å²) >= 11 is 0. The molecule has 1 amide bonds. The van der Waals surface area contributed by atoms with Crippen molar-refractivity contribution in [1.82, 2.24) is 14.8 Å². The zero-order valence-electron chi connectivity index (χ0n) is 17.6. The van der Waals surface area contributed by atoms with E-state index in [1.54, 1.807) is 30.9 Å². The number of nitrogens with zero attached hydrogens (tertiary/aromatic N) is 4. The number of rotatable bonds is 3. The zero-order chi connectivity index (χ0) is 21.3. The van der Waals surface area contributed by atoms with Crippen molar-refractivity contribution >= 4 is 5.91 Å². The molecule has 6 heteroatoms. The predicted molar refractivity (Wildman–Crippen MR) is 114 cm³/mol. The number of carbonyl (C=O) groups is 1. The number of aliphatic hydroxyl groups excluding tert-OH is 1. The van der Waals surface area contributed by atoms with E-state index in [1.807, 2.05) is 0 Å². The SMILES string of the molecule is CC(C)(C#N)c1ccc(C(=O)N2CC[C@H](N3CCc4ccccc4C3)[C@@H](O)C2)cn1. The highest BCUT2D eigenvalue weighted by Crippen LogP contribution is 2.26. The summed E-state index contributed by atoms with van der Waals surface area (Å²) in [6.45, 7) is 6.34. The minimum Gasteiger partial charge on any atom is -0.390 e. The van der Waals surface area contributed by atoms with E-state index in [9.17, 15) is 15.2 Å². The third-order valence-electron chi connectivity index (χ3n) is 6.39. The number of amides is 1. The van der Waals surface area contributed by atoms with E-state index in [-0.39, 0.29) is 11.9 Å². The Morgan fingerprint density at radius 2 is 1.97 bits per heavy atom. The molecule has 0 radical (unpaired) electrons. The maximum absolute atomic E-state index is 12.9. The Kier molecular flexibility index (Phi) is 5.59. The standard InChI is InChI=1S/C24H28N4O2/c1-24(2,16-25)22-8-7-18(13-26-22)23(30)28-12-10-20(21(29)15-28)27-11-9-17-5-3-4-6-19(17)14-27/h3-8,13,20-21,29H,9-12,14-15H2,1-2H3/t20-,21-/m0/s1. The number of nitriles is 1. The molecular formula is C24H28N4O2. The van der Waals surface area contributed by atoms with Crippen LogP contribution in [0, 0.1) is 11.3 Å². The summed E-state index contributed by atoms with van der Waals surface area (Å²) in [5.41, 5.74) is 3.17. The van der Waals surface area contributed by atoms with Crippen LogP contribution in [-0.2, 0) is 18.4 Å². The average molecular weight is 405 g/mol. The van der Waals surface area contributed by atoms with Gasteiger partial charge in [0.05, 0.1) is 28.8 Å². The summed E-state index contributed by atoms with van der Waals surface area (Å²) in [5, 5.41) is 20.1. The zero-order valence-corrected chi connectivity index (χ0v) is 17.6. The van der Waals surface area contributed by atoms with Gasteiger partial charge in [-0.15, -0.1) is 0 Å². The first kappa shape index (κ1) is 20.5. The van der Waals surface area contributed by atoms with Gasteiger partial charge < -0.3 is 10.0 Å². The van der Waals surface area contributed by atoms with Crippen LogP contribution in [0.25, 0.3) is 0 Å². The van der Waals surface area contributed by atoms with Crippen LogP contribution in [0.15, 0.2) is 42.6 Å². The van der Waals surface area contributed by atoms with Gasteiger partial charge in [-0.25, -0.2) is 0 Å². The van der Waals surface area contributed by atoms with Crippen LogP contribution in [-0.4, -0.2) is 57.6 Å². The van der Waals surface area contributed by atoms with Gasteiger partial charge in [0.25, 0.3) is 5.91 Å². The molecule has 0 bridgehead atoms. The predicted octanol–water partition coefficient (Wildman–Crippen LogP) is 2.52. The van der Waals surface area contributed by atoms with Crippen LogP contribution >= 0.6 is 0 Å². The Morgan fingerprint density at radius 1 is 1.20 bits per heavy atom. The summed E-state index contributed by atoms with van der Waals surface area (Å²) < 4.78 is 0. The lowest BCUT2D eigenvalue weighted by atomic mass is 9.90. The molecule has 30 heavy (non-hydrogen) atoms. The summed E-state index contributed by atoms with van der Waals surface area (Å²) in [6, 6.07) is 14.2. The molecule has 1 fully saturated rings. The third kappa shape index (κ3) is 3.96. The highest BCUT2D eigenvalue weighted by molar-refractivity contribution is 5.94. The highest BCUT2D eigenvalue weighted by Gasteiger charge is 2.35. The number of aromatic nitrogens is 1. The lowest BCUT2D eigenvalue weighted by Crippen LogP contribution is -2.56. The number of hydrogen-bond acceptors (Lipinski definition) is 5. The van der Waals surface area contributed by atoms with Crippen LogP contribution in [0.2, 0.25) is 0 Å². The van der Waals surface area contributed by atoms with Crippen molar-refractivity contribution < 1.29 is 9.90 Å². The molecule has 6 nitrogen and oxygen atoms in total. The monoisotopic (exact) mass is 404 g/mol. The molecule has 3 heterocycles. The Hall–Kier alpha value is -2.75. The first-order chi connectivity index (χ1) is 14.4. The molecule has 1 N–H and O–H groups in total. The molecule has 2 aromatic rings.